The molecule has 1 saturated heterocycles. The first-order valence-corrected chi connectivity index (χ1v) is 10.9. The maximum absolute atomic E-state index is 12.2. The van der Waals surface area contributed by atoms with E-state index in [9.17, 15) is 4.79 Å². The fourth-order valence-electron chi connectivity index (χ4n) is 3.75. The minimum atomic E-state index is -0.0906. The van der Waals surface area contributed by atoms with Crippen LogP contribution in [-0.2, 0) is 0 Å². The van der Waals surface area contributed by atoms with E-state index in [2.05, 4.69) is 43.8 Å². The molecule has 4 rings (SSSR count). The minimum absolute atomic E-state index is 0. The van der Waals surface area contributed by atoms with Crippen LogP contribution in [0.3, 0.4) is 0 Å². The summed E-state index contributed by atoms with van der Waals surface area (Å²) >= 11 is 1.58. The Bertz CT molecular complexity index is 971. The lowest BCUT2D eigenvalue weighted by atomic mass is 10.1. The number of nitrogen functional groups attached to an aromatic ring is 1. The Hall–Kier alpha value is -2.35. The van der Waals surface area contributed by atoms with Crippen LogP contribution in [0.5, 0.6) is 0 Å². The third-order valence-corrected chi connectivity index (χ3v) is 6.24. The molecule has 6 nitrogen and oxygen atoms in total. The van der Waals surface area contributed by atoms with Gasteiger partial charge in [-0.15, -0.1) is 0 Å². The van der Waals surface area contributed by atoms with Crippen LogP contribution in [0.15, 0.2) is 48.5 Å². The number of carbonyl (C=O) groups excluding carboxylic acids is 1. The van der Waals surface area contributed by atoms with Crippen molar-refractivity contribution in [3.05, 3.63) is 54.1 Å². The van der Waals surface area contributed by atoms with Gasteiger partial charge < -0.3 is 28.4 Å². The van der Waals surface area contributed by atoms with Crippen molar-refractivity contribution >= 4 is 39.0 Å². The largest absolute Gasteiger partial charge is 1.00 e. The maximum Gasteiger partial charge on any atom is 0.253 e. The van der Waals surface area contributed by atoms with Crippen molar-refractivity contribution in [2.24, 2.45) is 0 Å². The van der Waals surface area contributed by atoms with Crippen LogP contribution in [0.2, 0.25) is 0 Å². The number of hydrogen-bond acceptors (Lipinski definition) is 6. The van der Waals surface area contributed by atoms with E-state index >= 15 is 0 Å². The number of nitrogens with zero attached hydrogens (tertiary/aromatic N) is 3. The highest BCUT2D eigenvalue weighted by Crippen LogP contribution is 2.29. The molecule has 1 aliphatic heterocycles. The third kappa shape index (κ3) is 5.22. The van der Waals surface area contributed by atoms with Crippen LogP contribution in [0.25, 0.3) is 10.1 Å². The highest BCUT2D eigenvalue weighted by molar-refractivity contribution is 7.13. The molecule has 3 aromatic rings. The Kier molecular flexibility index (Phi) is 7.90. The number of nitrogens with two attached hydrogens (primary N) is 1. The number of piperazine rings is 1. The second-order valence-electron chi connectivity index (χ2n) is 7.38. The van der Waals surface area contributed by atoms with E-state index in [4.69, 9.17) is 5.73 Å². The average Bonchev–Trinajstić information content (AvgIpc) is 3.18. The number of aromatic nitrogens is 1. The number of nitrogens with one attached hydrogen (secondary N) is 1. The number of fused-ring (bicyclic) bond motifs is 1. The zero-order valence-corrected chi connectivity index (χ0v) is 18.5. The summed E-state index contributed by atoms with van der Waals surface area (Å²) in [6, 6.07) is 15.6. The van der Waals surface area contributed by atoms with Crippen molar-refractivity contribution < 1.29 is 17.2 Å². The van der Waals surface area contributed by atoms with Gasteiger partial charge >= 0.3 is 0 Å². The molecule has 0 bridgehead atoms. The quantitative estimate of drug-likeness (QED) is 0.402. The molecule has 1 amide bonds. The first-order valence-electron chi connectivity index (χ1n) is 10.2. The van der Waals surface area contributed by atoms with Gasteiger partial charge in [-0.2, -0.15) is 4.37 Å². The highest BCUT2D eigenvalue weighted by Gasteiger charge is 2.20. The van der Waals surface area contributed by atoms with Gasteiger partial charge in [0.1, 0.15) is 5.82 Å². The summed E-state index contributed by atoms with van der Waals surface area (Å²) < 4.78 is 5.93. The van der Waals surface area contributed by atoms with E-state index in [0.717, 1.165) is 51.4 Å². The SMILES string of the molecule is Nc1ccccc1C(=O)NCCCCN1CCN(c2nsc3ccccc23)CC1.[Cl-]. The number of benzene rings is 2. The van der Waals surface area contributed by atoms with Crippen LogP contribution in [0.4, 0.5) is 11.5 Å². The van der Waals surface area contributed by atoms with Crippen molar-refractivity contribution in [3.8, 4) is 0 Å². The summed E-state index contributed by atoms with van der Waals surface area (Å²) in [5.74, 6) is 1.04. The Morgan fingerprint density at radius 2 is 1.77 bits per heavy atom. The standard InChI is InChI=1S/C22H27N5OS.ClH/c23-19-9-3-1-7-17(19)22(28)24-11-5-6-12-26-13-15-27(16-14-26)21-18-8-2-4-10-20(18)29-25-21;/h1-4,7-10H,5-6,11-16,23H2,(H,24,28);1H/p-1. The number of unbranched alkanes of at least 4 members (excludes halogenated alkanes) is 1. The molecule has 0 radical (unpaired) electrons. The molecule has 160 valence electrons. The van der Waals surface area contributed by atoms with Crippen molar-refractivity contribution in [2.75, 3.05) is 49.9 Å². The lowest BCUT2D eigenvalue weighted by molar-refractivity contribution is -0.0000143. The number of para-hydroxylation sites is 1. The number of amides is 1. The topological polar surface area (TPSA) is 74.5 Å². The molecule has 0 atom stereocenters. The fourth-order valence-corrected chi connectivity index (χ4v) is 4.54. The fraction of sp³-hybridized carbons (Fsp3) is 0.364. The first kappa shape index (κ1) is 22.3. The molecular weight excluding hydrogens is 418 g/mol. The van der Waals surface area contributed by atoms with Gasteiger partial charge in [-0.25, -0.2) is 0 Å². The van der Waals surface area contributed by atoms with Crippen LogP contribution in [0, 0.1) is 0 Å². The number of carbonyl (C=O) groups is 1. The molecule has 0 spiro atoms. The minimum Gasteiger partial charge on any atom is -1.00 e. The Balaban J connectivity index is 0.00000256. The molecule has 30 heavy (non-hydrogen) atoms. The molecule has 2 aromatic carbocycles. The molecule has 0 saturated carbocycles. The molecule has 8 heteroatoms. The van der Waals surface area contributed by atoms with Gasteiger partial charge in [-0.3, -0.25) is 9.69 Å². The molecule has 3 N–H and O–H groups in total. The van der Waals surface area contributed by atoms with E-state index in [-0.39, 0.29) is 18.3 Å². The summed E-state index contributed by atoms with van der Waals surface area (Å²) in [7, 11) is 0. The number of hydrogen-bond donors (Lipinski definition) is 2. The predicted molar refractivity (Wildman–Crippen MR) is 121 cm³/mol. The van der Waals surface area contributed by atoms with E-state index in [0.29, 0.717) is 17.8 Å². The van der Waals surface area contributed by atoms with Gasteiger partial charge in [-0.1, -0.05) is 24.3 Å². The van der Waals surface area contributed by atoms with Gasteiger partial charge in [0.15, 0.2) is 0 Å². The van der Waals surface area contributed by atoms with Crippen molar-refractivity contribution in [3.63, 3.8) is 0 Å². The summed E-state index contributed by atoms with van der Waals surface area (Å²) in [5, 5.41) is 4.23. The van der Waals surface area contributed by atoms with Gasteiger partial charge in [0.2, 0.25) is 0 Å². The van der Waals surface area contributed by atoms with E-state index in [1.54, 1.807) is 23.7 Å². The lowest BCUT2D eigenvalue weighted by Crippen LogP contribution is -3.00. The smallest absolute Gasteiger partial charge is 0.253 e. The van der Waals surface area contributed by atoms with Crippen LogP contribution < -0.4 is 28.4 Å². The summed E-state index contributed by atoms with van der Waals surface area (Å²) in [6.07, 6.45) is 2.04. The van der Waals surface area contributed by atoms with Crippen molar-refractivity contribution in [1.82, 2.24) is 14.6 Å². The second kappa shape index (κ2) is 10.6. The molecule has 1 aliphatic rings. The predicted octanol–water partition coefficient (Wildman–Crippen LogP) is 0.215. The Morgan fingerprint density at radius 3 is 2.57 bits per heavy atom. The first-order chi connectivity index (χ1) is 14.2. The number of anilines is 2. The van der Waals surface area contributed by atoms with Crippen molar-refractivity contribution in [1.29, 1.82) is 0 Å². The molecule has 2 heterocycles. The zero-order valence-electron chi connectivity index (χ0n) is 16.9. The zero-order chi connectivity index (χ0) is 20.1. The van der Waals surface area contributed by atoms with Gasteiger partial charge in [0.25, 0.3) is 5.91 Å². The van der Waals surface area contributed by atoms with Crippen LogP contribution in [0.1, 0.15) is 23.2 Å². The Labute approximate surface area is 187 Å². The number of halogens is 1. The monoisotopic (exact) mass is 444 g/mol. The molecular formula is C22H27ClN5OS-. The molecule has 1 aromatic heterocycles. The van der Waals surface area contributed by atoms with Gasteiger partial charge in [0.05, 0.1) is 10.3 Å². The highest BCUT2D eigenvalue weighted by atomic mass is 35.5. The van der Waals surface area contributed by atoms with E-state index in [1.807, 2.05) is 12.1 Å². The summed E-state index contributed by atoms with van der Waals surface area (Å²) in [4.78, 5) is 17.1. The molecule has 1 fully saturated rings. The van der Waals surface area contributed by atoms with Crippen LogP contribution >= 0.6 is 11.5 Å². The Morgan fingerprint density at radius 1 is 1.03 bits per heavy atom. The lowest BCUT2D eigenvalue weighted by Gasteiger charge is -2.35. The molecule has 0 aliphatic carbocycles. The van der Waals surface area contributed by atoms with Crippen LogP contribution in [-0.4, -0.2) is 54.4 Å². The van der Waals surface area contributed by atoms with E-state index in [1.165, 1.54) is 10.1 Å². The second-order valence-corrected chi connectivity index (χ2v) is 8.19. The maximum atomic E-state index is 12.2. The average molecular weight is 445 g/mol. The summed E-state index contributed by atoms with van der Waals surface area (Å²) in [5.41, 5.74) is 6.93. The van der Waals surface area contributed by atoms with Gasteiger partial charge in [0, 0.05) is 43.8 Å². The molecule has 0 unspecified atom stereocenters. The summed E-state index contributed by atoms with van der Waals surface area (Å²) in [6.45, 7) is 5.87. The van der Waals surface area contributed by atoms with E-state index < -0.39 is 0 Å². The third-order valence-electron chi connectivity index (χ3n) is 5.42. The van der Waals surface area contributed by atoms with Crippen molar-refractivity contribution in [2.45, 2.75) is 12.8 Å². The van der Waals surface area contributed by atoms with Gasteiger partial charge in [-0.05, 0) is 55.2 Å². The normalized spacial score (nSPS) is 14.5. The number of rotatable bonds is 7.